The fourth-order valence-corrected chi connectivity index (χ4v) is 7.44. The van der Waals surface area contributed by atoms with Gasteiger partial charge in [-0.2, -0.15) is 0 Å². The van der Waals surface area contributed by atoms with Gasteiger partial charge in [0, 0.05) is 42.2 Å². The molecule has 3 fully saturated rings. The minimum atomic E-state index is -0.0309. The Morgan fingerprint density at radius 1 is 0.912 bits per heavy atom. The summed E-state index contributed by atoms with van der Waals surface area (Å²) in [5, 5.41) is 4.19. The molecule has 0 aliphatic carbocycles. The SMILES string of the molecule is COc1ccccc1CNC1(C(c2ccccc2)c2ccccc2)CC2CC3CCCC2N3C1. The van der Waals surface area contributed by atoms with Crippen LogP contribution in [0.15, 0.2) is 84.9 Å². The number of benzene rings is 3. The maximum absolute atomic E-state index is 5.71. The van der Waals surface area contributed by atoms with Gasteiger partial charge in [-0.05, 0) is 48.8 Å². The predicted molar refractivity (Wildman–Crippen MR) is 138 cm³/mol. The smallest absolute Gasteiger partial charge is 0.123 e. The van der Waals surface area contributed by atoms with Gasteiger partial charge in [-0.3, -0.25) is 4.90 Å². The molecule has 3 aliphatic heterocycles. The molecule has 3 saturated heterocycles. The number of methoxy groups -OCH3 is 1. The molecule has 3 nitrogen and oxygen atoms in total. The first-order chi connectivity index (χ1) is 16.8. The van der Waals surface area contributed by atoms with Crippen molar-refractivity contribution in [3.05, 3.63) is 102 Å². The summed E-state index contributed by atoms with van der Waals surface area (Å²) in [5.41, 5.74) is 4.02. The number of nitrogens with one attached hydrogen (secondary N) is 1. The summed E-state index contributed by atoms with van der Waals surface area (Å²) in [7, 11) is 1.78. The Kier molecular flexibility index (Phi) is 5.92. The first kappa shape index (κ1) is 21.9. The molecule has 3 heterocycles. The zero-order chi connectivity index (χ0) is 23.0. The molecule has 0 saturated carbocycles. The highest BCUT2D eigenvalue weighted by Crippen LogP contribution is 2.52. The van der Waals surface area contributed by atoms with Crippen molar-refractivity contribution < 1.29 is 4.74 Å². The third-order valence-electron chi connectivity index (χ3n) is 8.78. The Bertz CT molecular complexity index is 1060. The van der Waals surface area contributed by atoms with Gasteiger partial charge in [-0.15, -0.1) is 0 Å². The van der Waals surface area contributed by atoms with Crippen LogP contribution in [0.4, 0.5) is 0 Å². The van der Waals surface area contributed by atoms with Gasteiger partial charge in [-0.25, -0.2) is 0 Å². The van der Waals surface area contributed by atoms with E-state index in [1.807, 2.05) is 0 Å². The van der Waals surface area contributed by atoms with Gasteiger partial charge in [0.25, 0.3) is 0 Å². The van der Waals surface area contributed by atoms with E-state index in [-0.39, 0.29) is 5.54 Å². The predicted octanol–water partition coefficient (Wildman–Crippen LogP) is 6.00. The van der Waals surface area contributed by atoms with Gasteiger partial charge in [0.1, 0.15) is 5.75 Å². The highest BCUT2D eigenvalue weighted by Gasteiger charge is 2.56. The van der Waals surface area contributed by atoms with Crippen LogP contribution in [-0.4, -0.2) is 36.2 Å². The number of rotatable bonds is 7. The molecule has 3 aromatic rings. The quantitative estimate of drug-likeness (QED) is 0.476. The van der Waals surface area contributed by atoms with Gasteiger partial charge < -0.3 is 10.1 Å². The van der Waals surface area contributed by atoms with Crippen molar-refractivity contribution in [3.63, 3.8) is 0 Å². The van der Waals surface area contributed by atoms with E-state index in [9.17, 15) is 0 Å². The monoisotopic (exact) mass is 452 g/mol. The van der Waals surface area contributed by atoms with E-state index in [1.54, 1.807) is 7.11 Å². The number of hydrogen-bond donors (Lipinski definition) is 1. The minimum absolute atomic E-state index is 0.0309. The lowest BCUT2D eigenvalue weighted by atomic mass is 9.67. The normalized spacial score (nSPS) is 29.8. The van der Waals surface area contributed by atoms with Gasteiger partial charge >= 0.3 is 0 Å². The lowest BCUT2D eigenvalue weighted by molar-refractivity contribution is 0.0302. The number of ether oxygens (including phenoxy) is 1. The van der Waals surface area contributed by atoms with E-state index in [2.05, 4.69) is 95.1 Å². The van der Waals surface area contributed by atoms with Crippen LogP contribution in [0.25, 0.3) is 0 Å². The summed E-state index contributed by atoms with van der Waals surface area (Å²) >= 11 is 0. The van der Waals surface area contributed by atoms with Crippen molar-refractivity contribution >= 4 is 0 Å². The Hall–Kier alpha value is -2.62. The number of hydrogen-bond acceptors (Lipinski definition) is 3. The number of para-hydroxylation sites is 1. The van der Waals surface area contributed by atoms with Crippen molar-refractivity contribution in [1.29, 1.82) is 0 Å². The molecule has 0 radical (unpaired) electrons. The van der Waals surface area contributed by atoms with E-state index in [0.29, 0.717) is 5.92 Å². The Labute approximate surface area is 204 Å². The minimum Gasteiger partial charge on any atom is -0.496 e. The zero-order valence-corrected chi connectivity index (χ0v) is 20.2. The molecule has 5 unspecified atom stereocenters. The van der Waals surface area contributed by atoms with E-state index >= 15 is 0 Å². The maximum atomic E-state index is 5.71. The fraction of sp³-hybridized carbons (Fsp3) is 0.419. The summed E-state index contributed by atoms with van der Waals surface area (Å²) < 4.78 is 5.71. The highest BCUT2D eigenvalue weighted by molar-refractivity contribution is 5.39. The summed E-state index contributed by atoms with van der Waals surface area (Å²) in [6.07, 6.45) is 6.76. The molecule has 5 atom stereocenters. The first-order valence-electron chi connectivity index (χ1n) is 13.0. The van der Waals surface area contributed by atoms with E-state index < -0.39 is 0 Å². The Morgan fingerprint density at radius 2 is 1.59 bits per heavy atom. The first-order valence-corrected chi connectivity index (χ1v) is 13.0. The van der Waals surface area contributed by atoms with Crippen molar-refractivity contribution in [1.82, 2.24) is 10.2 Å². The number of piperidine rings is 2. The standard InChI is InChI=1S/C31H36N2O/c1-34-29-18-9-8-15-25(29)21-32-31(20-26-19-27-16-10-17-28(26)33(27)22-31)30(23-11-4-2-5-12-23)24-13-6-3-7-14-24/h2-9,11-15,18,26-28,30,32H,10,16-17,19-22H2,1H3. The van der Waals surface area contributed by atoms with E-state index in [1.165, 1.54) is 48.8 Å². The molecule has 0 amide bonds. The second-order valence-electron chi connectivity index (χ2n) is 10.6. The molecule has 6 rings (SSSR count). The average molecular weight is 453 g/mol. The van der Waals surface area contributed by atoms with Crippen LogP contribution in [0, 0.1) is 5.92 Å². The topological polar surface area (TPSA) is 24.5 Å². The van der Waals surface area contributed by atoms with Crippen molar-refractivity contribution in [2.75, 3.05) is 13.7 Å². The molecular weight excluding hydrogens is 416 g/mol. The summed E-state index contributed by atoms with van der Waals surface area (Å²) in [4.78, 5) is 2.89. The van der Waals surface area contributed by atoms with Crippen molar-refractivity contribution in [3.8, 4) is 5.75 Å². The van der Waals surface area contributed by atoms with Crippen LogP contribution in [0.3, 0.4) is 0 Å². The number of nitrogens with zero attached hydrogens (tertiary/aromatic N) is 1. The van der Waals surface area contributed by atoms with Gasteiger partial charge in [0.05, 0.1) is 7.11 Å². The average Bonchev–Trinajstić information content (AvgIpc) is 3.03. The Balaban J connectivity index is 1.43. The van der Waals surface area contributed by atoms with E-state index in [4.69, 9.17) is 4.74 Å². The molecule has 4 bridgehead atoms. The lowest BCUT2D eigenvalue weighted by Gasteiger charge is -2.53. The van der Waals surface area contributed by atoms with Crippen molar-refractivity contribution in [2.45, 2.75) is 62.2 Å². The van der Waals surface area contributed by atoms with Gasteiger partial charge in [-0.1, -0.05) is 85.3 Å². The van der Waals surface area contributed by atoms with Gasteiger partial charge in [0.2, 0.25) is 0 Å². The van der Waals surface area contributed by atoms with E-state index in [0.717, 1.165) is 36.8 Å². The third kappa shape index (κ3) is 3.85. The molecule has 0 aromatic heterocycles. The second kappa shape index (κ2) is 9.20. The Morgan fingerprint density at radius 3 is 2.29 bits per heavy atom. The second-order valence-corrected chi connectivity index (χ2v) is 10.6. The fourth-order valence-electron chi connectivity index (χ4n) is 7.44. The lowest BCUT2D eigenvalue weighted by Crippen LogP contribution is -2.63. The van der Waals surface area contributed by atoms with Crippen LogP contribution in [0.2, 0.25) is 0 Å². The highest BCUT2D eigenvalue weighted by atomic mass is 16.5. The summed E-state index contributed by atoms with van der Waals surface area (Å²) in [5.74, 6) is 2.05. The summed E-state index contributed by atoms with van der Waals surface area (Å²) in [6.45, 7) is 1.93. The summed E-state index contributed by atoms with van der Waals surface area (Å²) in [6, 6.07) is 32.4. The molecule has 3 heteroatoms. The molecule has 3 aliphatic rings. The molecule has 3 aromatic carbocycles. The van der Waals surface area contributed by atoms with Crippen molar-refractivity contribution in [2.24, 2.45) is 5.92 Å². The van der Waals surface area contributed by atoms with Crippen LogP contribution < -0.4 is 10.1 Å². The zero-order valence-electron chi connectivity index (χ0n) is 20.2. The van der Waals surface area contributed by atoms with Crippen LogP contribution >= 0.6 is 0 Å². The van der Waals surface area contributed by atoms with Crippen LogP contribution in [-0.2, 0) is 6.54 Å². The van der Waals surface area contributed by atoms with Gasteiger partial charge in [0.15, 0.2) is 0 Å². The van der Waals surface area contributed by atoms with Crippen LogP contribution in [0.5, 0.6) is 5.75 Å². The molecule has 34 heavy (non-hydrogen) atoms. The molecular formula is C31H36N2O. The largest absolute Gasteiger partial charge is 0.496 e. The van der Waals surface area contributed by atoms with Crippen LogP contribution in [0.1, 0.15) is 54.7 Å². The molecule has 176 valence electrons. The third-order valence-corrected chi connectivity index (χ3v) is 8.78. The molecule has 1 N–H and O–H groups in total. The maximum Gasteiger partial charge on any atom is 0.123 e. The molecule has 0 spiro atoms.